The maximum atomic E-state index is 9.44. The minimum Gasteiger partial charge on any atom is -0.497 e. The van der Waals surface area contributed by atoms with Crippen LogP contribution in [0.15, 0.2) is 59.8 Å². The van der Waals surface area contributed by atoms with Crippen LogP contribution in [0.1, 0.15) is 23.6 Å². The van der Waals surface area contributed by atoms with E-state index < -0.39 is 6.04 Å². The first-order chi connectivity index (χ1) is 12.2. The van der Waals surface area contributed by atoms with Crippen LogP contribution in [0.5, 0.6) is 11.5 Å². The third-order valence-electron chi connectivity index (χ3n) is 3.80. The fourth-order valence-corrected chi connectivity index (χ4v) is 2.33. The zero-order valence-electron chi connectivity index (χ0n) is 14.2. The Bertz CT molecular complexity index is 709. The molecule has 0 saturated heterocycles. The van der Waals surface area contributed by atoms with Crippen molar-refractivity contribution in [3.8, 4) is 11.5 Å². The predicted octanol–water partition coefficient (Wildman–Crippen LogP) is 3.66. The van der Waals surface area contributed by atoms with Crippen molar-refractivity contribution in [1.29, 1.82) is 0 Å². The standard InChI is InChI=1S/C19H22N2O4/c1-24-17-9-4-14(5-10-17)3-8-16(20-22)13-19(21-23)15-6-11-18(25-2)12-7-15/h3-12,19,21-23H,13H2,1-2H3/b8-3-,20-16+/t19-/m0/s1. The van der Waals surface area contributed by atoms with Gasteiger partial charge >= 0.3 is 0 Å². The van der Waals surface area contributed by atoms with Crippen molar-refractivity contribution in [3.05, 3.63) is 65.7 Å². The van der Waals surface area contributed by atoms with E-state index in [9.17, 15) is 10.4 Å². The molecular formula is C19H22N2O4. The molecule has 1 atom stereocenters. The summed E-state index contributed by atoms with van der Waals surface area (Å²) in [6, 6.07) is 14.4. The van der Waals surface area contributed by atoms with Gasteiger partial charge in [0.25, 0.3) is 0 Å². The third-order valence-corrected chi connectivity index (χ3v) is 3.80. The zero-order chi connectivity index (χ0) is 18.1. The lowest BCUT2D eigenvalue weighted by Crippen LogP contribution is -2.20. The Morgan fingerprint density at radius 3 is 2.08 bits per heavy atom. The molecule has 0 spiro atoms. The van der Waals surface area contributed by atoms with E-state index in [1.165, 1.54) is 0 Å². The van der Waals surface area contributed by atoms with Crippen LogP contribution in [0.25, 0.3) is 6.08 Å². The highest BCUT2D eigenvalue weighted by atomic mass is 16.5. The summed E-state index contributed by atoms with van der Waals surface area (Å²) in [7, 11) is 3.21. The smallest absolute Gasteiger partial charge is 0.118 e. The van der Waals surface area contributed by atoms with Crippen LogP contribution in [0, 0.1) is 0 Å². The van der Waals surface area contributed by atoms with Gasteiger partial charge in [0.15, 0.2) is 0 Å². The van der Waals surface area contributed by atoms with Crippen LogP contribution in [0.4, 0.5) is 0 Å². The van der Waals surface area contributed by atoms with Crippen LogP contribution < -0.4 is 15.0 Å². The number of ether oxygens (including phenoxy) is 2. The van der Waals surface area contributed by atoms with Gasteiger partial charge in [-0.15, -0.1) is 0 Å². The molecule has 0 unspecified atom stereocenters. The summed E-state index contributed by atoms with van der Waals surface area (Å²) < 4.78 is 10.2. The highest BCUT2D eigenvalue weighted by molar-refractivity contribution is 5.98. The van der Waals surface area contributed by atoms with Gasteiger partial charge in [-0.2, -0.15) is 5.48 Å². The summed E-state index contributed by atoms with van der Waals surface area (Å²) in [5.74, 6) is 1.51. The summed E-state index contributed by atoms with van der Waals surface area (Å²) in [5.41, 5.74) is 4.47. The normalized spacial score (nSPS) is 13.0. The average Bonchev–Trinajstić information content (AvgIpc) is 2.69. The van der Waals surface area contributed by atoms with E-state index in [1.54, 1.807) is 20.3 Å². The molecule has 0 saturated carbocycles. The Labute approximate surface area is 147 Å². The largest absolute Gasteiger partial charge is 0.497 e. The lowest BCUT2D eigenvalue weighted by Gasteiger charge is -2.15. The highest BCUT2D eigenvalue weighted by Crippen LogP contribution is 2.21. The lowest BCUT2D eigenvalue weighted by atomic mass is 10.0. The minimum absolute atomic E-state index is 0.311. The first-order valence-corrected chi connectivity index (χ1v) is 7.76. The molecule has 2 rings (SSSR count). The number of hydroxylamine groups is 1. The minimum atomic E-state index is -0.405. The molecule has 6 nitrogen and oxygen atoms in total. The number of nitrogens with one attached hydrogen (secondary N) is 1. The van der Waals surface area contributed by atoms with Gasteiger partial charge in [-0.05, 0) is 41.5 Å². The van der Waals surface area contributed by atoms with Crippen LogP contribution in [0.3, 0.4) is 0 Å². The highest BCUT2D eigenvalue weighted by Gasteiger charge is 2.13. The number of hydrogen-bond donors (Lipinski definition) is 3. The Balaban J connectivity index is 2.06. The second-order valence-corrected chi connectivity index (χ2v) is 5.36. The number of rotatable bonds is 8. The Kier molecular flexibility index (Phi) is 7.00. The van der Waals surface area contributed by atoms with E-state index >= 15 is 0 Å². The number of hydrogen-bond acceptors (Lipinski definition) is 6. The average molecular weight is 342 g/mol. The number of nitrogens with zero attached hydrogens (tertiary/aromatic N) is 1. The van der Waals surface area contributed by atoms with Crippen molar-refractivity contribution in [2.75, 3.05) is 14.2 Å². The SMILES string of the molecule is COc1ccc(/C=C\C(C[C@H](NO)c2ccc(OC)cc2)=N/O)cc1. The molecule has 0 fully saturated rings. The van der Waals surface area contributed by atoms with E-state index in [0.717, 1.165) is 22.6 Å². The third kappa shape index (κ3) is 5.34. The Hall–Kier alpha value is -2.83. The molecule has 0 heterocycles. The zero-order valence-corrected chi connectivity index (χ0v) is 14.2. The van der Waals surface area contributed by atoms with Gasteiger partial charge in [-0.1, -0.05) is 35.5 Å². The summed E-state index contributed by atoms with van der Waals surface area (Å²) in [5, 5.41) is 22.0. The van der Waals surface area contributed by atoms with E-state index in [0.29, 0.717) is 12.1 Å². The molecule has 2 aromatic rings. The molecule has 0 amide bonds. The van der Waals surface area contributed by atoms with Crippen molar-refractivity contribution >= 4 is 11.8 Å². The van der Waals surface area contributed by atoms with Crippen LogP contribution in [-0.4, -0.2) is 30.3 Å². The monoisotopic (exact) mass is 342 g/mol. The van der Waals surface area contributed by atoms with Gasteiger partial charge in [-0.3, -0.25) is 0 Å². The fourth-order valence-electron chi connectivity index (χ4n) is 2.33. The molecule has 6 heteroatoms. The molecule has 2 aromatic carbocycles. The van der Waals surface area contributed by atoms with Gasteiger partial charge in [0.1, 0.15) is 11.5 Å². The van der Waals surface area contributed by atoms with Crippen LogP contribution >= 0.6 is 0 Å². The summed E-state index contributed by atoms with van der Waals surface area (Å²) >= 11 is 0. The van der Waals surface area contributed by atoms with E-state index in [-0.39, 0.29) is 0 Å². The summed E-state index contributed by atoms with van der Waals surface area (Å²) in [6.07, 6.45) is 3.85. The maximum absolute atomic E-state index is 9.44. The first kappa shape index (κ1) is 18.5. The number of benzene rings is 2. The lowest BCUT2D eigenvalue weighted by molar-refractivity contribution is 0.128. The summed E-state index contributed by atoms with van der Waals surface area (Å²) in [4.78, 5) is 0. The Morgan fingerprint density at radius 1 is 1.04 bits per heavy atom. The van der Waals surface area contributed by atoms with Gasteiger partial charge in [-0.25, -0.2) is 0 Å². The van der Waals surface area contributed by atoms with Gasteiger partial charge in [0.05, 0.1) is 26.0 Å². The van der Waals surface area contributed by atoms with E-state index in [4.69, 9.17) is 9.47 Å². The van der Waals surface area contributed by atoms with Crippen molar-refractivity contribution in [1.82, 2.24) is 5.48 Å². The fraction of sp³-hybridized carbons (Fsp3) is 0.211. The number of oxime groups is 1. The van der Waals surface area contributed by atoms with Crippen molar-refractivity contribution in [3.63, 3.8) is 0 Å². The molecule has 25 heavy (non-hydrogen) atoms. The van der Waals surface area contributed by atoms with Crippen LogP contribution in [-0.2, 0) is 0 Å². The second-order valence-electron chi connectivity index (χ2n) is 5.36. The molecule has 0 aliphatic rings. The molecule has 0 bridgehead atoms. The quantitative estimate of drug-likeness (QED) is 0.387. The van der Waals surface area contributed by atoms with Gasteiger partial charge in [0.2, 0.25) is 0 Å². The maximum Gasteiger partial charge on any atom is 0.118 e. The summed E-state index contributed by atoms with van der Waals surface area (Å²) in [6.45, 7) is 0. The molecule has 0 radical (unpaired) electrons. The Morgan fingerprint density at radius 2 is 1.60 bits per heavy atom. The van der Waals surface area contributed by atoms with E-state index in [2.05, 4.69) is 10.6 Å². The molecule has 0 aliphatic heterocycles. The first-order valence-electron chi connectivity index (χ1n) is 7.76. The molecular weight excluding hydrogens is 320 g/mol. The van der Waals surface area contributed by atoms with Gasteiger partial charge in [0, 0.05) is 6.42 Å². The van der Waals surface area contributed by atoms with Gasteiger partial charge < -0.3 is 19.9 Å². The van der Waals surface area contributed by atoms with Crippen molar-refractivity contribution in [2.24, 2.45) is 5.16 Å². The molecule has 3 N–H and O–H groups in total. The molecule has 132 valence electrons. The van der Waals surface area contributed by atoms with Crippen molar-refractivity contribution in [2.45, 2.75) is 12.5 Å². The number of allylic oxidation sites excluding steroid dienone is 1. The predicted molar refractivity (Wildman–Crippen MR) is 96.5 cm³/mol. The number of methoxy groups -OCH3 is 2. The topological polar surface area (TPSA) is 83.3 Å². The molecule has 0 aromatic heterocycles. The second kappa shape index (κ2) is 9.46. The van der Waals surface area contributed by atoms with Crippen LogP contribution in [0.2, 0.25) is 0 Å². The van der Waals surface area contributed by atoms with E-state index in [1.807, 2.05) is 54.6 Å². The van der Waals surface area contributed by atoms with Crippen molar-refractivity contribution < 1.29 is 19.9 Å². The molecule has 0 aliphatic carbocycles.